The standard InChI is InChI=1S/C17H16ClN3O/c1-20(11-13-6-7-16(18)19-10-13)17(22)12-21-9-8-14-4-2-3-5-15(14)21/h2-10H,11-12H2,1H3. The van der Waals surface area contributed by atoms with Crippen molar-refractivity contribution in [3.8, 4) is 0 Å². The minimum absolute atomic E-state index is 0.0521. The van der Waals surface area contributed by atoms with Crippen LogP contribution in [0.2, 0.25) is 5.15 Å². The highest BCUT2D eigenvalue weighted by Crippen LogP contribution is 2.15. The van der Waals surface area contributed by atoms with E-state index in [1.165, 1.54) is 0 Å². The molecule has 22 heavy (non-hydrogen) atoms. The first-order chi connectivity index (χ1) is 10.6. The Morgan fingerprint density at radius 3 is 2.82 bits per heavy atom. The summed E-state index contributed by atoms with van der Waals surface area (Å²) in [7, 11) is 1.79. The van der Waals surface area contributed by atoms with Crippen LogP contribution in [0.3, 0.4) is 0 Å². The molecule has 0 atom stereocenters. The van der Waals surface area contributed by atoms with E-state index >= 15 is 0 Å². The molecule has 0 aliphatic rings. The molecule has 0 bridgehead atoms. The van der Waals surface area contributed by atoms with Gasteiger partial charge in [-0.05, 0) is 29.1 Å². The van der Waals surface area contributed by atoms with Gasteiger partial charge in [0.25, 0.3) is 0 Å². The average Bonchev–Trinajstić information content (AvgIpc) is 2.93. The second-order valence-corrected chi connectivity index (χ2v) is 5.63. The van der Waals surface area contributed by atoms with E-state index in [9.17, 15) is 4.79 Å². The van der Waals surface area contributed by atoms with Gasteiger partial charge in [0, 0.05) is 31.5 Å². The van der Waals surface area contributed by atoms with Gasteiger partial charge < -0.3 is 9.47 Å². The van der Waals surface area contributed by atoms with Gasteiger partial charge in [-0.15, -0.1) is 0 Å². The number of para-hydroxylation sites is 1. The molecule has 0 spiro atoms. The van der Waals surface area contributed by atoms with Crippen LogP contribution in [0.15, 0.2) is 54.9 Å². The molecule has 0 radical (unpaired) electrons. The zero-order valence-electron chi connectivity index (χ0n) is 12.2. The number of amides is 1. The number of rotatable bonds is 4. The van der Waals surface area contributed by atoms with Crippen LogP contribution in [0.1, 0.15) is 5.56 Å². The van der Waals surface area contributed by atoms with Gasteiger partial charge in [0.15, 0.2) is 0 Å². The molecule has 5 heteroatoms. The van der Waals surface area contributed by atoms with E-state index < -0.39 is 0 Å². The zero-order valence-corrected chi connectivity index (χ0v) is 13.0. The van der Waals surface area contributed by atoms with Gasteiger partial charge in [0.2, 0.25) is 5.91 Å². The summed E-state index contributed by atoms with van der Waals surface area (Å²) in [5, 5.41) is 1.59. The molecule has 0 fully saturated rings. The first-order valence-electron chi connectivity index (χ1n) is 7.02. The number of carbonyl (C=O) groups is 1. The van der Waals surface area contributed by atoms with E-state index in [1.54, 1.807) is 24.2 Å². The molecule has 3 aromatic rings. The largest absolute Gasteiger partial charge is 0.340 e. The van der Waals surface area contributed by atoms with Crippen LogP contribution >= 0.6 is 11.6 Å². The fourth-order valence-corrected chi connectivity index (χ4v) is 2.52. The van der Waals surface area contributed by atoms with Crippen LogP contribution in [-0.4, -0.2) is 27.4 Å². The molecule has 2 heterocycles. The Morgan fingerprint density at radius 1 is 1.23 bits per heavy atom. The number of carbonyl (C=O) groups excluding carboxylic acids is 1. The Hall–Kier alpha value is -2.33. The average molecular weight is 314 g/mol. The molecular weight excluding hydrogens is 298 g/mol. The number of aromatic nitrogens is 2. The van der Waals surface area contributed by atoms with E-state index in [-0.39, 0.29) is 5.91 Å². The van der Waals surface area contributed by atoms with Crippen molar-refractivity contribution in [2.45, 2.75) is 13.1 Å². The van der Waals surface area contributed by atoms with Crippen molar-refractivity contribution in [3.05, 3.63) is 65.6 Å². The van der Waals surface area contributed by atoms with Crippen molar-refractivity contribution >= 4 is 28.4 Å². The summed E-state index contributed by atoms with van der Waals surface area (Å²) in [6, 6.07) is 13.7. The Morgan fingerprint density at radius 2 is 2.05 bits per heavy atom. The predicted octanol–water partition coefficient (Wildman–Crippen LogP) is 3.35. The van der Waals surface area contributed by atoms with E-state index in [0.717, 1.165) is 16.5 Å². The van der Waals surface area contributed by atoms with Gasteiger partial charge in [0.05, 0.1) is 0 Å². The van der Waals surface area contributed by atoms with Gasteiger partial charge in [-0.2, -0.15) is 0 Å². The molecule has 1 aromatic carbocycles. The first kappa shape index (κ1) is 14.6. The number of hydrogen-bond donors (Lipinski definition) is 0. The minimum atomic E-state index is 0.0521. The Balaban J connectivity index is 1.69. The molecule has 0 saturated carbocycles. The molecule has 3 rings (SSSR count). The van der Waals surface area contributed by atoms with Crippen molar-refractivity contribution in [1.82, 2.24) is 14.5 Å². The van der Waals surface area contributed by atoms with Crippen molar-refractivity contribution in [1.29, 1.82) is 0 Å². The smallest absolute Gasteiger partial charge is 0.242 e. The zero-order chi connectivity index (χ0) is 15.5. The minimum Gasteiger partial charge on any atom is -0.340 e. The maximum absolute atomic E-state index is 12.4. The summed E-state index contributed by atoms with van der Waals surface area (Å²) in [6.07, 6.45) is 3.64. The maximum atomic E-state index is 12.4. The number of nitrogens with zero attached hydrogens (tertiary/aromatic N) is 3. The maximum Gasteiger partial charge on any atom is 0.242 e. The first-order valence-corrected chi connectivity index (χ1v) is 7.39. The molecule has 0 N–H and O–H groups in total. The summed E-state index contributed by atoms with van der Waals surface area (Å²) in [5.41, 5.74) is 2.02. The molecule has 2 aromatic heterocycles. The fourth-order valence-electron chi connectivity index (χ4n) is 2.41. The summed E-state index contributed by atoms with van der Waals surface area (Å²) in [5.74, 6) is 0.0521. The van der Waals surface area contributed by atoms with Crippen LogP contribution in [0.25, 0.3) is 10.9 Å². The topological polar surface area (TPSA) is 38.1 Å². The monoisotopic (exact) mass is 313 g/mol. The van der Waals surface area contributed by atoms with E-state index in [4.69, 9.17) is 11.6 Å². The Bertz CT molecular complexity index is 795. The molecule has 0 aliphatic carbocycles. The van der Waals surface area contributed by atoms with E-state index in [2.05, 4.69) is 4.98 Å². The third kappa shape index (κ3) is 3.12. The van der Waals surface area contributed by atoms with Gasteiger partial charge in [-0.1, -0.05) is 35.9 Å². The lowest BCUT2D eigenvalue weighted by molar-refractivity contribution is -0.131. The van der Waals surface area contributed by atoms with Crippen LogP contribution in [0.5, 0.6) is 0 Å². The number of hydrogen-bond acceptors (Lipinski definition) is 2. The summed E-state index contributed by atoms with van der Waals surface area (Å²) in [6.45, 7) is 0.841. The molecule has 0 unspecified atom stereocenters. The second kappa shape index (κ2) is 6.20. The normalized spacial score (nSPS) is 10.8. The molecule has 0 saturated heterocycles. The summed E-state index contributed by atoms with van der Waals surface area (Å²) in [4.78, 5) is 18.1. The van der Waals surface area contributed by atoms with Gasteiger partial charge in [-0.25, -0.2) is 4.98 Å². The molecule has 112 valence electrons. The number of pyridine rings is 1. The van der Waals surface area contributed by atoms with Crippen molar-refractivity contribution in [2.75, 3.05) is 7.05 Å². The van der Waals surface area contributed by atoms with Crippen molar-refractivity contribution < 1.29 is 4.79 Å². The number of fused-ring (bicyclic) bond motifs is 1. The number of likely N-dealkylation sites (N-methyl/N-ethyl adjacent to an activating group) is 1. The van der Waals surface area contributed by atoms with Crippen LogP contribution < -0.4 is 0 Å². The van der Waals surface area contributed by atoms with Gasteiger partial charge >= 0.3 is 0 Å². The van der Waals surface area contributed by atoms with Gasteiger partial charge in [-0.3, -0.25) is 4.79 Å². The van der Waals surface area contributed by atoms with Crippen LogP contribution in [0.4, 0.5) is 0 Å². The van der Waals surface area contributed by atoms with Crippen LogP contribution in [0, 0.1) is 0 Å². The highest BCUT2D eigenvalue weighted by atomic mass is 35.5. The summed E-state index contributed by atoms with van der Waals surface area (Å²) < 4.78 is 1.97. The quantitative estimate of drug-likeness (QED) is 0.693. The lowest BCUT2D eigenvalue weighted by atomic mass is 10.2. The van der Waals surface area contributed by atoms with E-state index in [1.807, 2.05) is 47.2 Å². The third-order valence-corrected chi connectivity index (χ3v) is 3.84. The Kier molecular flexibility index (Phi) is 4.11. The number of halogens is 1. The second-order valence-electron chi connectivity index (χ2n) is 5.24. The van der Waals surface area contributed by atoms with E-state index in [0.29, 0.717) is 18.2 Å². The predicted molar refractivity (Wildman–Crippen MR) is 87.7 cm³/mol. The molecule has 1 amide bonds. The highest BCUT2D eigenvalue weighted by Gasteiger charge is 2.11. The molecule has 0 aliphatic heterocycles. The third-order valence-electron chi connectivity index (χ3n) is 3.62. The SMILES string of the molecule is CN(Cc1ccc(Cl)nc1)C(=O)Cn1ccc2ccccc21. The molecule has 4 nitrogen and oxygen atoms in total. The highest BCUT2D eigenvalue weighted by molar-refractivity contribution is 6.29. The number of benzene rings is 1. The lowest BCUT2D eigenvalue weighted by Gasteiger charge is -2.18. The van der Waals surface area contributed by atoms with Crippen molar-refractivity contribution in [3.63, 3.8) is 0 Å². The van der Waals surface area contributed by atoms with Crippen LogP contribution in [-0.2, 0) is 17.9 Å². The lowest BCUT2D eigenvalue weighted by Crippen LogP contribution is -2.29. The summed E-state index contributed by atoms with van der Waals surface area (Å²) >= 11 is 5.77. The molecular formula is C17H16ClN3O. The van der Waals surface area contributed by atoms with Crippen molar-refractivity contribution in [2.24, 2.45) is 0 Å². The van der Waals surface area contributed by atoms with Gasteiger partial charge in [0.1, 0.15) is 11.7 Å². The fraction of sp³-hybridized carbons (Fsp3) is 0.176. The Labute approximate surface area is 133 Å².